The van der Waals surface area contributed by atoms with Crippen LogP contribution in [0.4, 0.5) is 10.2 Å². The molecule has 0 aliphatic heterocycles. The van der Waals surface area contributed by atoms with Crippen LogP contribution in [0.25, 0.3) is 11.1 Å². The molecular formula is C19H16ClFN2O. The second kappa shape index (κ2) is 7.32. The van der Waals surface area contributed by atoms with Crippen molar-refractivity contribution < 1.29 is 9.13 Å². The van der Waals surface area contributed by atoms with E-state index in [0.717, 1.165) is 22.4 Å². The van der Waals surface area contributed by atoms with Crippen LogP contribution in [0.15, 0.2) is 60.7 Å². The molecule has 0 spiro atoms. The van der Waals surface area contributed by atoms with Crippen molar-refractivity contribution in [1.29, 1.82) is 0 Å². The molecule has 3 nitrogen and oxygen atoms in total. The number of halogens is 2. The number of nitrogens with zero attached hydrogens (tertiary/aromatic N) is 1. The van der Waals surface area contributed by atoms with E-state index in [1.807, 2.05) is 30.3 Å². The van der Waals surface area contributed by atoms with E-state index in [1.54, 1.807) is 25.3 Å². The van der Waals surface area contributed by atoms with E-state index >= 15 is 0 Å². The van der Waals surface area contributed by atoms with Crippen LogP contribution in [0.1, 0.15) is 5.56 Å². The third kappa shape index (κ3) is 4.03. The van der Waals surface area contributed by atoms with Crippen molar-refractivity contribution in [2.75, 3.05) is 12.4 Å². The summed E-state index contributed by atoms with van der Waals surface area (Å²) in [4.78, 5) is 4.28. The maximum atomic E-state index is 13.1. The van der Waals surface area contributed by atoms with Crippen LogP contribution in [0.3, 0.4) is 0 Å². The van der Waals surface area contributed by atoms with Gasteiger partial charge in [-0.1, -0.05) is 35.9 Å². The Bertz CT molecular complexity index is 820. The standard InChI is InChI=1S/C19H16ClFN2O/c1-24-17-8-2-13(3-9-17)12-22-19-11-15(10-18(20)23-19)14-4-6-16(21)7-5-14/h2-11H,12H2,1H3,(H,22,23). The summed E-state index contributed by atoms with van der Waals surface area (Å²) in [5.41, 5.74) is 2.86. The molecular weight excluding hydrogens is 327 g/mol. The van der Waals surface area contributed by atoms with E-state index in [2.05, 4.69) is 10.3 Å². The number of nitrogens with one attached hydrogen (secondary N) is 1. The number of pyridine rings is 1. The smallest absolute Gasteiger partial charge is 0.132 e. The third-order valence-electron chi connectivity index (χ3n) is 3.60. The van der Waals surface area contributed by atoms with Crippen LogP contribution >= 0.6 is 11.6 Å². The Morgan fingerprint density at radius 2 is 1.71 bits per heavy atom. The van der Waals surface area contributed by atoms with Gasteiger partial charge in [0.05, 0.1) is 7.11 Å². The van der Waals surface area contributed by atoms with Gasteiger partial charge in [0, 0.05) is 6.54 Å². The number of hydrogen-bond acceptors (Lipinski definition) is 3. The first-order chi connectivity index (χ1) is 11.6. The lowest BCUT2D eigenvalue weighted by Crippen LogP contribution is -2.01. The van der Waals surface area contributed by atoms with E-state index in [-0.39, 0.29) is 5.82 Å². The highest BCUT2D eigenvalue weighted by Crippen LogP contribution is 2.25. The summed E-state index contributed by atoms with van der Waals surface area (Å²) < 4.78 is 18.2. The normalized spacial score (nSPS) is 10.5. The monoisotopic (exact) mass is 342 g/mol. The Morgan fingerprint density at radius 3 is 2.38 bits per heavy atom. The van der Waals surface area contributed by atoms with Crippen LogP contribution in [0.2, 0.25) is 5.15 Å². The zero-order valence-electron chi connectivity index (χ0n) is 13.1. The zero-order valence-corrected chi connectivity index (χ0v) is 13.8. The maximum absolute atomic E-state index is 13.1. The van der Waals surface area contributed by atoms with Gasteiger partial charge < -0.3 is 10.1 Å². The first-order valence-electron chi connectivity index (χ1n) is 7.44. The summed E-state index contributed by atoms with van der Waals surface area (Å²) in [6.07, 6.45) is 0. The predicted molar refractivity (Wildman–Crippen MR) is 95.0 cm³/mol. The molecule has 1 N–H and O–H groups in total. The highest BCUT2D eigenvalue weighted by atomic mass is 35.5. The fourth-order valence-electron chi connectivity index (χ4n) is 2.33. The summed E-state index contributed by atoms with van der Waals surface area (Å²) in [7, 11) is 1.64. The quantitative estimate of drug-likeness (QED) is 0.650. The number of rotatable bonds is 5. The SMILES string of the molecule is COc1ccc(CNc2cc(-c3ccc(F)cc3)cc(Cl)n2)cc1. The van der Waals surface area contributed by atoms with E-state index in [1.165, 1.54) is 12.1 Å². The highest BCUT2D eigenvalue weighted by Gasteiger charge is 2.05. The van der Waals surface area contributed by atoms with Gasteiger partial charge in [-0.25, -0.2) is 9.37 Å². The molecule has 1 heterocycles. The molecule has 2 aromatic carbocycles. The Labute approximate surface area is 145 Å². The molecule has 0 saturated heterocycles. The van der Waals surface area contributed by atoms with Crippen LogP contribution in [-0.2, 0) is 6.54 Å². The predicted octanol–water partition coefficient (Wildman–Crippen LogP) is 5.16. The Morgan fingerprint density at radius 1 is 1.00 bits per heavy atom. The minimum absolute atomic E-state index is 0.267. The van der Waals surface area contributed by atoms with Crippen LogP contribution in [-0.4, -0.2) is 12.1 Å². The Hall–Kier alpha value is -2.59. The van der Waals surface area contributed by atoms with E-state index < -0.39 is 0 Å². The highest BCUT2D eigenvalue weighted by molar-refractivity contribution is 6.29. The van der Waals surface area contributed by atoms with E-state index in [9.17, 15) is 4.39 Å². The van der Waals surface area contributed by atoms with Crippen molar-refractivity contribution in [2.24, 2.45) is 0 Å². The number of anilines is 1. The molecule has 0 amide bonds. The topological polar surface area (TPSA) is 34.1 Å². The first kappa shape index (κ1) is 16.3. The van der Waals surface area contributed by atoms with Gasteiger partial charge in [0.1, 0.15) is 22.5 Å². The van der Waals surface area contributed by atoms with Crippen LogP contribution in [0, 0.1) is 5.82 Å². The molecule has 3 rings (SSSR count). The second-order valence-corrected chi connectivity index (χ2v) is 5.66. The molecule has 5 heteroatoms. The second-order valence-electron chi connectivity index (χ2n) is 5.27. The molecule has 0 atom stereocenters. The van der Waals surface area contributed by atoms with E-state index in [0.29, 0.717) is 17.5 Å². The minimum Gasteiger partial charge on any atom is -0.497 e. The molecule has 0 aliphatic rings. The first-order valence-corrected chi connectivity index (χ1v) is 7.82. The number of ether oxygens (including phenoxy) is 1. The lowest BCUT2D eigenvalue weighted by atomic mass is 10.1. The van der Waals surface area contributed by atoms with Gasteiger partial charge in [-0.15, -0.1) is 0 Å². The Balaban J connectivity index is 1.76. The maximum Gasteiger partial charge on any atom is 0.132 e. The molecule has 0 fully saturated rings. The molecule has 0 bridgehead atoms. The lowest BCUT2D eigenvalue weighted by Gasteiger charge is -2.09. The van der Waals surface area contributed by atoms with Gasteiger partial charge in [-0.05, 0) is 53.1 Å². The fraction of sp³-hybridized carbons (Fsp3) is 0.105. The molecule has 24 heavy (non-hydrogen) atoms. The minimum atomic E-state index is -0.267. The average Bonchev–Trinajstić information content (AvgIpc) is 2.60. The van der Waals surface area contributed by atoms with E-state index in [4.69, 9.17) is 16.3 Å². The van der Waals surface area contributed by atoms with Gasteiger partial charge >= 0.3 is 0 Å². The number of aromatic nitrogens is 1. The molecule has 0 saturated carbocycles. The number of hydrogen-bond donors (Lipinski definition) is 1. The van der Waals surface area contributed by atoms with Crippen molar-refractivity contribution in [2.45, 2.75) is 6.54 Å². The van der Waals surface area contributed by atoms with Gasteiger partial charge in [0.25, 0.3) is 0 Å². The third-order valence-corrected chi connectivity index (χ3v) is 3.80. The van der Waals surface area contributed by atoms with Crippen LogP contribution in [0.5, 0.6) is 5.75 Å². The average molecular weight is 343 g/mol. The van der Waals surface area contributed by atoms with Gasteiger partial charge in [0.2, 0.25) is 0 Å². The number of benzene rings is 2. The summed E-state index contributed by atoms with van der Waals surface area (Å²) in [6.45, 7) is 0.611. The van der Waals surface area contributed by atoms with Gasteiger partial charge in [0.15, 0.2) is 0 Å². The molecule has 0 radical (unpaired) electrons. The van der Waals surface area contributed by atoms with Gasteiger partial charge in [-0.3, -0.25) is 0 Å². The van der Waals surface area contributed by atoms with Crippen molar-refractivity contribution in [3.05, 3.63) is 77.2 Å². The fourth-order valence-corrected chi connectivity index (χ4v) is 2.54. The largest absolute Gasteiger partial charge is 0.497 e. The number of methoxy groups -OCH3 is 1. The van der Waals surface area contributed by atoms with Crippen molar-refractivity contribution in [3.8, 4) is 16.9 Å². The molecule has 3 aromatic rings. The molecule has 122 valence electrons. The summed E-state index contributed by atoms with van der Waals surface area (Å²) >= 11 is 6.11. The summed E-state index contributed by atoms with van der Waals surface area (Å²) in [6, 6.07) is 17.7. The van der Waals surface area contributed by atoms with Crippen molar-refractivity contribution in [3.63, 3.8) is 0 Å². The van der Waals surface area contributed by atoms with Gasteiger partial charge in [-0.2, -0.15) is 0 Å². The summed E-state index contributed by atoms with van der Waals surface area (Å²) in [5, 5.41) is 3.63. The molecule has 0 aliphatic carbocycles. The van der Waals surface area contributed by atoms with Crippen molar-refractivity contribution >= 4 is 17.4 Å². The Kier molecular flexibility index (Phi) is 4.96. The summed E-state index contributed by atoms with van der Waals surface area (Å²) in [5.74, 6) is 1.22. The van der Waals surface area contributed by atoms with Crippen LogP contribution < -0.4 is 10.1 Å². The molecule has 1 aromatic heterocycles. The molecule has 0 unspecified atom stereocenters. The van der Waals surface area contributed by atoms with Crippen molar-refractivity contribution in [1.82, 2.24) is 4.98 Å². The lowest BCUT2D eigenvalue weighted by molar-refractivity contribution is 0.414. The zero-order chi connectivity index (χ0) is 16.9.